The number of halogens is 1. The number of aromatic nitrogens is 1. The molecule has 0 aliphatic rings. The van der Waals surface area contributed by atoms with Crippen LogP contribution in [0.1, 0.15) is 29.1 Å². The Bertz CT molecular complexity index is 494. The van der Waals surface area contributed by atoms with E-state index in [2.05, 4.69) is 10.3 Å². The van der Waals surface area contributed by atoms with Gasteiger partial charge < -0.3 is 20.6 Å². The van der Waals surface area contributed by atoms with Crippen LogP contribution in [0.15, 0.2) is 12.3 Å². The molecule has 0 bridgehead atoms. The van der Waals surface area contributed by atoms with Crippen LogP contribution in [0.5, 0.6) is 0 Å². The molecule has 1 rings (SSSR count). The summed E-state index contributed by atoms with van der Waals surface area (Å²) in [5, 5.41) is 30.3. The number of nitrogens with zero attached hydrogens (tertiary/aromatic N) is 1. The molecule has 1 aromatic rings. The molecule has 1 amide bonds. The van der Waals surface area contributed by atoms with E-state index < -0.39 is 35.5 Å². The number of aromatic carboxylic acids is 1. The molecule has 0 aliphatic heterocycles. The van der Waals surface area contributed by atoms with Crippen molar-refractivity contribution < 1.29 is 29.3 Å². The van der Waals surface area contributed by atoms with Crippen molar-refractivity contribution in [1.29, 1.82) is 0 Å². The first-order valence-corrected chi connectivity index (χ1v) is 5.32. The summed E-state index contributed by atoms with van der Waals surface area (Å²) in [6.45, 7) is 0.996. The number of rotatable bonds is 5. The molecule has 7 nitrogen and oxygen atoms in total. The van der Waals surface area contributed by atoms with Gasteiger partial charge in [-0.1, -0.05) is 0 Å². The lowest BCUT2D eigenvalue weighted by molar-refractivity contribution is -0.119. The van der Waals surface area contributed by atoms with Crippen LogP contribution < -0.4 is 5.32 Å². The first-order chi connectivity index (χ1) is 8.82. The van der Waals surface area contributed by atoms with E-state index in [4.69, 9.17) is 5.11 Å². The van der Waals surface area contributed by atoms with E-state index in [-0.39, 0.29) is 12.2 Å². The third kappa shape index (κ3) is 3.97. The van der Waals surface area contributed by atoms with Crippen molar-refractivity contribution in [2.75, 3.05) is 6.54 Å². The number of carboxylic acids is 1. The van der Waals surface area contributed by atoms with E-state index in [1.807, 2.05) is 0 Å². The molecule has 0 spiro atoms. The minimum Gasteiger partial charge on any atom is -0.478 e. The number of carbonyl (C=O) groups excluding carboxylic acids is 1. The Morgan fingerprint density at radius 3 is 2.63 bits per heavy atom. The van der Waals surface area contributed by atoms with E-state index in [1.54, 1.807) is 0 Å². The van der Waals surface area contributed by atoms with Crippen molar-refractivity contribution in [3.63, 3.8) is 0 Å². The van der Waals surface area contributed by atoms with Crippen molar-refractivity contribution >= 4 is 11.9 Å². The zero-order valence-corrected chi connectivity index (χ0v) is 10.00. The number of nitrogens with one attached hydrogen (secondary N) is 1. The fourth-order valence-corrected chi connectivity index (χ4v) is 1.34. The number of aliphatic hydroxyl groups is 2. The smallest absolute Gasteiger partial charge is 0.338 e. The van der Waals surface area contributed by atoms with Gasteiger partial charge in [-0.3, -0.25) is 9.78 Å². The molecular formula is C11H13FN2O5. The van der Waals surface area contributed by atoms with Gasteiger partial charge in [0.15, 0.2) is 5.82 Å². The Morgan fingerprint density at radius 1 is 1.47 bits per heavy atom. The summed E-state index contributed by atoms with van der Waals surface area (Å²) < 4.78 is 13.1. The highest BCUT2D eigenvalue weighted by Gasteiger charge is 2.22. The molecule has 1 aromatic heterocycles. The fourth-order valence-electron chi connectivity index (χ4n) is 1.34. The van der Waals surface area contributed by atoms with Crippen molar-refractivity contribution in [3.8, 4) is 0 Å². The third-order valence-corrected chi connectivity index (χ3v) is 2.33. The number of amides is 1. The molecule has 1 heterocycles. The van der Waals surface area contributed by atoms with E-state index in [9.17, 15) is 24.2 Å². The second-order valence-corrected chi connectivity index (χ2v) is 3.84. The molecule has 0 fully saturated rings. The van der Waals surface area contributed by atoms with Crippen LogP contribution in [0.3, 0.4) is 0 Å². The first-order valence-electron chi connectivity index (χ1n) is 5.32. The van der Waals surface area contributed by atoms with Gasteiger partial charge in [-0.05, 0) is 6.07 Å². The molecule has 0 saturated carbocycles. The van der Waals surface area contributed by atoms with E-state index >= 15 is 0 Å². The summed E-state index contributed by atoms with van der Waals surface area (Å²) in [7, 11) is 0. The van der Waals surface area contributed by atoms with Crippen molar-refractivity contribution in [1.82, 2.24) is 10.3 Å². The summed E-state index contributed by atoms with van der Waals surface area (Å²) in [5.41, 5.74) is -0.854. The first kappa shape index (κ1) is 15.0. The third-order valence-electron chi connectivity index (χ3n) is 2.33. The Morgan fingerprint density at radius 2 is 2.11 bits per heavy atom. The Labute approximate surface area is 107 Å². The van der Waals surface area contributed by atoms with Gasteiger partial charge in [0.25, 0.3) is 0 Å². The molecule has 19 heavy (non-hydrogen) atoms. The minimum atomic E-state index is -1.54. The highest BCUT2D eigenvalue weighted by atomic mass is 19.1. The number of hydrogen-bond donors (Lipinski definition) is 4. The normalized spacial score (nSPS) is 13.7. The predicted octanol–water partition coefficient (Wildman–Crippen LogP) is -0.551. The summed E-state index contributed by atoms with van der Waals surface area (Å²) in [4.78, 5) is 24.9. The second-order valence-electron chi connectivity index (χ2n) is 3.84. The zero-order chi connectivity index (χ0) is 14.6. The number of hydrogen-bond acceptors (Lipinski definition) is 5. The van der Waals surface area contributed by atoms with Crippen LogP contribution in [-0.2, 0) is 4.79 Å². The molecular weight excluding hydrogens is 259 g/mol. The van der Waals surface area contributed by atoms with Crippen LogP contribution >= 0.6 is 0 Å². The van der Waals surface area contributed by atoms with Crippen LogP contribution in [0.4, 0.5) is 4.39 Å². The highest BCUT2D eigenvalue weighted by molar-refractivity contribution is 5.87. The van der Waals surface area contributed by atoms with Gasteiger partial charge in [-0.25, -0.2) is 9.18 Å². The van der Waals surface area contributed by atoms with Gasteiger partial charge >= 0.3 is 5.97 Å². The van der Waals surface area contributed by atoms with Gasteiger partial charge in [0, 0.05) is 13.5 Å². The summed E-state index contributed by atoms with van der Waals surface area (Å²) in [6, 6.07) is 0.833. The maximum Gasteiger partial charge on any atom is 0.338 e. The average Bonchev–Trinajstić information content (AvgIpc) is 2.35. The van der Waals surface area contributed by atoms with Crippen LogP contribution in [0.2, 0.25) is 0 Å². The van der Waals surface area contributed by atoms with Gasteiger partial charge in [-0.2, -0.15) is 0 Å². The SMILES string of the molecule is CC(=O)NCC(O)C(O)c1cc(C(=O)O)c(F)cn1. The highest BCUT2D eigenvalue weighted by Crippen LogP contribution is 2.17. The van der Waals surface area contributed by atoms with E-state index in [1.165, 1.54) is 6.92 Å². The summed E-state index contributed by atoms with van der Waals surface area (Å²) in [5.74, 6) is -2.95. The fraction of sp³-hybridized carbons (Fsp3) is 0.364. The molecule has 2 atom stereocenters. The molecule has 0 aliphatic carbocycles. The monoisotopic (exact) mass is 272 g/mol. The Hall–Kier alpha value is -2.06. The lowest BCUT2D eigenvalue weighted by atomic mass is 10.1. The number of carboxylic acid groups (broad SMARTS) is 1. The molecule has 0 radical (unpaired) electrons. The minimum absolute atomic E-state index is 0.198. The largest absolute Gasteiger partial charge is 0.478 e. The average molecular weight is 272 g/mol. The van der Waals surface area contributed by atoms with E-state index in [0.29, 0.717) is 6.20 Å². The van der Waals surface area contributed by atoms with Crippen LogP contribution in [-0.4, -0.2) is 44.8 Å². The van der Waals surface area contributed by atoms with Crippen LogP contribution in [0.25, 0.3) is 0 Å². The molecule has 2 unspecified atom stereocenters. The number of aliphatic hydroxyl groups excluding tert-OH is 2. The number of carbonyl (C=O) groups is 2. The topological polar surface area (TPSA) is 120 Å². The van der Waals surface area contributed by atoms with Gasteiger partial charge in [-0.15, -0.1) is 0 Å². The van der Waals surface area contributed by atoms with Crippen molar-refractivity contribution in [3.05, 3.63) is 29.3 Å². The summed E-state index contributed by atoms with van der Waals surface area (Å²) >= 11 is 0. The van der Waals surface area contributed by atoms with Crippen molar-refractivity contribution in [2.24, 2.45) is 0 Å². The Kier molecular flexibility index (Phi) is 4.90. The summed E-state index contributed by atoms with van der Waals surface area (Å²) in [6.07, 6.45) is -2.28. The zero-order valence-electron chi connectivity index (χ0n) is 10.00. The molecule has 4 N–H and O–H groups in total. The molecule has 8 heteroatoms. The molecule has 0 aromatic carbocycles. The second kappa shape index (κ2) is 6.21. The Balaban J connectivity index is 2.87. The van der Waals surface area contributed by atoms with Crippen molar-refractivity contribution in [2.45, 2.75) is 19.1 Å². The quantitative estimate of drug-likeness (QED) is 0.571. The standard InChI is InChI=1S/C11H13FN2O5/c1-5(15)13-4-9(16)10(17)8-2-6(11(18)19)7(12)3-14-8/h2-3,9-10,16-17H,4H2,1H3,(H,13,15)(H,18,19). The maximum absolute atomic E-state index is 13.1. The molecule has 104 valence electrons. The predicted molar refractivity (Wildman–Crippen MR) is 60.8 cm³/mol. The van der Waals surface area contributed by atoms with Gasteiger partial charge in [0.1, 0.15) is 12.2 Å². The lowest BCUT2D eigenvalue weighted by Crippen LogP contribution is -2.34. The van der Waals surface area contributed by atoms with Crippen LogP contribution in [0, 0.1) is 5.82 Å². The van der Waals surface area contributed by atoms with Gasteiger partial charge in [0.2, 0.25) is 5.91 Å². The number of pyridine rings is 1. The lowest BCUT2D eigenvalue weighted by Gasteiger charge is -2.17. The van der Waals surface area contributed by atoms with E-state index in [0.717, 1.165) is 6.07 Å². The van der Waals surface area contributed by atoms with Gasteiger partial charge in [0.05, 0.1) is 17.5 Å². The molecule has 0 saturated heterocycles. The maximum atomic E-state index is 13.1.